The molecule has 0 aliphatic heterocycles. The number of benzene rings is 1. The van der Waals surface area contributed by atoms with Crippen LogP contribution in [0.5, 0.6) is 0 Å². The molecule has 0 bridgehead atoms. The number of carbonyl (C=O) groups is 1. The SMILES string of the molecule is O=C(NCc1ccccn1)c1nnn2c1c(=O)[nH]c1cc(F)ccc12. The van der Waals surface area contributed by atoms with Gasteiger partial charge in [-0.25, -0.2) is 8.91 Å². The lowest BCUT2D eigenvalue weighted by atomic mass is 10.2. The highest BCUT2D eigenvalue weighted by Crippen LogP contribution is 2.14. The first kappa shape index (κ1) is 14.9. The Hall–Kier alpha value is -3.62. The summed E-state index contributed by atoms with van der Waals surface area (Å²) in [6, 6.07) is 9.21. The number of nitrogens with one attached hydrogen (secondary N) is 2. The van der Waals surface area contributed by atoms with Crippen LogP contribution in [0, 0.1) is 5.82 Å². The molecular formula is C16H11FN6O2. The Labute approximate surface area is 139 Å². The van der Waals surface area contributed by atoms with Gasteiger partial charge in [0.05, 0.1) is 23.3 Å². The summed E-state index contributed by atoms with van der Waals surface area (Å²) in [4.78, 5) is 31.3. The molecule has 1 amide bonds. The van der Waals surface area contributed by atoms with Gasteiger partial charge in [0.15, 0.2) is 11.2 Å². The number of nitrogens with zero attached hydrogens (tertiary/aromatic N) is 4. The lowest BCUT2D eigenvalue weighted by molar-refractivity contribution is 0.0947. The van der Waals surface area contributed by atoms with Crippen LogP contribution >= 0.6 is 0 Å². The Morgan fingerprint density at radius 1 is 1.28 bits per heavy atom. The van der Waals surface area contributed by atoms with Crippen LogP contribution in [0.2, 0.25) is 0 Å². The van der Waals surface area contributed by atoms with Crippen molar-refractivity contribution in [1.29, 1.82) is 0 Å². The third kappa shape index (κ3) is 2.61. The minimum Gasteiger partial charge on any atom is -0.345 e. The Bertz CT molecular complexity index is 1150. The van der Waals surface area contributed by atoms with E-state index in [1.54, 1.807) is 24.4 Å². The fourth-order valence-corrected chi connectivity index (χ4v) is 2.54. The van der Waals surface area contributed by atoms with E-state index in [-0.39, 0.29) is 23.3 Å². The Morgan fingerprint density at radius 2 is 2.16 bits per heavy atom. The molecule has 0 atom stereocenters. The predicted molar refractivity (Wildman–Crippen MR) is 86.5 cm³/mol. The van der Waals surface area contributed by atoms with Crippen LogP contribution in [0.15, 0.2) is 47.4 Å². The average molecular weight is 338 g/mol. The first-order valence-corrected chi connectivity index (χ1v) is 7.38. The van der Waals surface area contributed by atoms with Crippen molar-refractivity contribution in [3.05, 3.63) is 70.2 Å². The number of carbonyl (C=O) groups excluding carboxylic acids is 1. The molecule has 8 nitrogen and oxygen atoms in total. The minimum absolute atomic E-state index is 0.00220. The van der Waals surface area contributed by atoms with Crippen molar-refractivity contribution in [3.8, 4) is 0 Å². The molecule has 3 heterocycles. The molecule has 0 radical (unpaired) electrons. The van der Waals surface area contributed by atoms with Gasteiger partial charge < -0.3 is 10.3 Å². The zero-order valence-electron chi connectivity index (χ0n) is 12.7. The number of H-pyrrole nitrogens is 1. The number of amides is 1. The highest BCUT2D eigenvalue weighted by Gasteiger charge is 2.19. The van der Waals surface area contributed by atoms with Gasteiger partial charge in [-0.15, -0.1) is 5.10 Å². The molecular weight excluding hydrogens is 327 g/mol. The summed E-state index contributed by atoms with van der Waals surface area (Å²) in [7, 11) is 0. The molecule has 4 rings (SSSR count). The predicted octanol–water partition coefficient (Wildman–Crippen LogP) is 1.03. The van der Waals surface area contributed by atoms with Crippen molar-refractivity contribution in [3.63, 3.8) is 0 Å². The number of aromatic amines is 1. The third-order valence-corrected chi connectivity index (χ3v) is 3.69. The Morgan fingerprint density at radius 3 is 2.96 bits per heavy atom. The van der Waals surface area contributed by atoms with Gasteiger partial charge in [-0.3, -0.25) is 14.6 Å². The number of rotatable bonds is 3. The van der Waals surface area contributed by atoms with Gasteiger partial charge in [0.25, 0.3) is 11.5 Å². The number of halogens is 1. The van der Waals surface area contributed by atoms with Crippen LogP contribution in [0.25, 0.3) is 16.6 Å². The molecule has 4 aromatic rings. The first-order chi connectivity index (χ1) is 12.1. The molecule has 1 aromatic carbocycles. The van der Waals surface area contributed by atoms with Crippen molar-refractivity contribution in [2.45, 2.75) is 6.54 Å². The molecule has 2 N–H and O–H groups in total. The molecule has 0 unspecified atom stereocenters. The Kier molecular flexibility index (Phi) is 3.46. The van der Waals surface area contributed by atoms with Crippen LogP contribution in [0.1, 0.15) is 16.2 Å². The summed E-state index contributed by atoms with van der Waals surface area (Å²) in [6.45, 7) is 0.190. The molecule has 3 aromatic heterocycles. The zero-order chi connectivity index (χ0) is 17.4. The van der Waals surface area contributed by atoms with Gasteiger partial charge in [-0.2, -0.15) is 0 Å². The molecule has 124 valence electrons. The zero-order valence-corrected chi connectivity index (χ0v) is 12.7. The number of hydrogen-bond acceptors (Lipinski definition) is 5. The monoisotopic (exact) mass is 338 g/mol. The van der Waals surface area contributed by atoms with Gasteiger partial charge in [-0.05, 0) is 30.3 Å². The maximum atomic E-state index is 13.3. The number of aromatic nitrogens is 5. The molecule has 0 aliphatic carbocycles. The van der Waals surface area contributed by atoms with E-state index in [1.807, 2.05) is 0 Å². The van der Waals surface area contributed by atoms with Crippen molar-refractivity contribution in [2.75, 3.05) is 0 Å². The van der Waals surface area contributed by atoms with E-state index in [4.69, 9.17) is 0 Å². The Balaban J connectivity index is 1.74. The molecule has 0 saturated carbocycles. The summed E-state index contributed by atoms with van der Waals surface area (Å²) in [6.07, 6.45) is 1.62. The van der Waals surface area contributed by atoms with E-state index in [2.05, 4.69) is 25.6 Å². The van der Waals surface area contributed by atoms with E-state index >= 15 is 0 Å². The van der Waals surface area contributed by atoms with Crippen molar-refractivity contribution in [1.82, 2.24) is 30.1 Å². The van der Waals surface area contributed by atoms with Crippen LogP contribution in [-0.4, -0.2) is 30.7 Å². The van der Waals surface area contributed by atoms with Gasteiger partial charge in [0, 0.05) is 6.20 Å². The molecule has 0 fully saturated rings. The summed E-state index contributed by atoms with van der Waals surface area (Å²) < 4.78 is 14.6. The van der Waals surface area contributed by atoms with E-state index in [9.17, 15) is 14.0 Å². The lowest BCUT2D eigenvalue weighted by Gasteiger charge is -2.03. The van der Waals surface area contributed by atoms with Crippen LogP contribution in [0.4, 0.5) is 4.39 Å². The van der Waals surface area contributed by atoms with E-state index in [1.165, 1.54) is 22.7 Å². The smallest absolute Gasteiger partial charge is 0.277 e. The highest BCUT2D eigenvalue weighted by atomic mass is 19.1. The summed E-state index contributed by atoms with van der Waals surface area (Å²) in [5.41, 5.74) is 0.685. The third-order valence-electron chi connectivity index (χ3n) is 3.69. The van der Waals surface area contributed by atoms with Crippen molar-refractivity contribution in [2.24, 2.45) is 0 Å². The second kappa shape index (κ2) is 5.78. The number of hydrogen-bond donors (Lipinski definition) is 2. The lowest BCUT2D eigenvalue weighted by Crippen LogP contribution is -2.25. The summed E-state index contributed by atoms with van der Waals surface area (Å²) >= 11 is 0. The number of fused-ring (bicyclic) bond motifs is 3. The minimum atomic E-state index is -0.578. The van der Waals surface area contributed by atoms with Crippen LogP contribution in [0.3, 0.4) is 0 Å². The maximum Gasteiger partial charge on any atom is 0.277 e. The largest absolute Gasteiger partial charge is 0.345 e. The van der Waals surface area contributed by atoms with Crippen LogP contribution in [-0.2, 0) is 6.54 Å². The summed E-state index contributed by atoms with van der Waals surface area (Å²) in [5.74, 6) is -1.04. The molecule has 0 aliphatic rings. The van der Waals surface area contributed by atoms with Crippen LogP contribution < -0.4 is 10.9 Å². The first-order valence-electron chi connectivity index (χ1n) is 7.38. The highest BCUT2D eigenvalue weighted by molar-refractivity contribution is 5.99. The normalized spacial score (nSPS) is 11.1. The van der Waals surface area contributed by atoms with Crippen molar-refractivity contribution < 1.29 is 9.18 Å². The second-order valence-corrected chi connectivity index (χ2v) is 5.32. The standard InChI is InChI=1S/C16H11FN6O2/c17-9-4-5-12-11(7-9)20-16(25)14-13(21-22-23(12)14)15(24)19-8-10-3-1-2-6-18-10/h1-7H,8H2,(H,19,24)(H,20,25). The fourth-order valence-electron chi connectivity index (χ4n) is 2.54. The quantitative estimate of drug-likeness (QED) is 0.580. The van der Waals surface area contributed by atoms with E-state index < -0.39 is 17.3 Å². The maximum absolute atomic E-state index is 13.3. The van der Waals surface area contributed by atoms with Gasteiger partial charge in [-0.1, -0.05) is 11.3 Å². The average Bonchev–Trinajstić information content (AvgIpc) is 3.06. The van der Waals surface area contributed by atoms with Gasteiger partial charge in [0.2, 0.25) is 0 Å². The fraction of sp³-hybridized carbons (Fsp3) is 0.0625. The topological polar surface area (TPSA) is 105 Å². The molecule has 25 heavy (non-hydrogen) atoms. The van der Waals surface area contributed by atoms with Gasteiger partial charge in [0.1, 0.15) is 5.82 Å². The van der Waals surface area contributed by atoms with Gasteiger partial charge >= 0.3 is 0 Å². The molecule has 0 spiro atoms. The summed E-state index contributed by atoms with van der Waals surface area (Å²) in [5, 5.41) is 10.3. The van der Waals surface area contributed by atoms with E-state index in [0.717, 1.165) is 0 Å². The number of pyridine rings is 1. The molecule has 0 saturated heterocycles. The van der Waals surface area contributed by atoms with Crippen molar-refractivity contribution >= 4 is 22.5 Å². The molecule has 9 heteroatoms. The van der Waals surface area contributed by atoms with E-state index in [0.29, 0.717) is 11.2 Å². The second-order valence-electron chi connectivity index (χ2n) is 5.32.